The maximum atomic E-state index is 5.13. The number of nitrogens with zero attached hydrogens (tertiary/aromatic N) is 3. The molecule has 5 nitrogen and oxygen atoms in total. The third-order valence-electron chi connectivity index (χ3n) is 2.52. The van der Waals surface area contributed by atoms with Crippen LogP contribution in [-0.4, -0.2) is 21.0 Å². The molecule has 0 amide bonds. The van der Waals surface area contributed by atoms with Gasteiger partial charge in [-0.15, -0.1) is 0 Å². The van der Waals surface area contributed by atoms with Crippen LogP contribution in [0.2, 0.25) is 0 Å². The molecule has 2 aromatic rings. The second-order valence-electron chi connectivity index (χ2n) is 4.46. The zero-order valence-corrected chi connectivity index (χ0v) is 10.5. The Labute approximate surface area is 101 Å². The highest BCUT2D eigenvalue weighted by Gasteiger charge is 2.06. The van der Waals surface area contributed by atoms with Crippen LogP contribution in [0.3, 0.4) is 0 Å². The molecule has 2 aromatic heterocycles. The van der Waals surface area contributed by atoms with Crippen LogP contribution in [0, 0.1) is 13.8 Å². The summed E-state index contributed by atoms with van der Waals surface area (Å²) in [5, 5.41) is 11.5. The summed E-state index contributed by atoms with van der Waals surface area (Å²) in [4.78, 5) is 0. The summed E-state index contributed by atoms with van der Waals surface area (Å²) < 4.78 is 7.08. The van der Waals surface area contributed by atoms with E-state index in [1.165, 1.54) is 5.56 Å². The highest BCUT2D eigenvalue weighted by molar-refractivity contribution is 5.03. The van der Waals surface area contributed by atoms with E-state index in [9.17, 15) is 0 Å². The van der Waals surface area contributed by atoms with Gasteiger partial charge in [-0.3, -0.25) is 4.68 Å². The van der Waals surface area contributed by atoms with Crippen LogP contribution in [0.5, 0.6) is 0 Å². The molecule has 0 unspecified atom stereocenters. The number of nitrogens with one attached hydrogen (secondary N) is 1. The summed E-state index contributed by atoms with van der Waals surface area (Å²) in [5.41, 5.74) is 2.10. The Kier molecular flexibility index (Phi) is 3.58. The lowest BCUT2D eigenvalue weighted by molar-refractivity contribution is 0.353. The van der Waals surface area contributed by atoms with Crippen molar-refractivity contribution < 1.29 is 4.52 Å². The summed E-state index contributed by atoms with van der Waals surface area (Å²) in [5.74, 6) is 0.867. The van der Waals surface area contributed by atoms with Gasteiger partial charge >= 0.3 is 0 Å². The Morgan fingerprint density at radius 1 is 1.47 bits per heavy atom. The standard InChI is InChI=1S/C12H18N4O/c1-9-5-14-16(7-9)8-11(3)13-6-12-4-10(2)15-17-12/h4-5,7,11,13H,6,8H2,1-3H3/t11-/m0/s1. The highest BCUT2D eigenvalue weighted by Crippen LogP contribution is 2.02. The molecule has 0 aliphatic carbocycles. The predicted octanol–water partition coefficient (Wildman–Crippen LogP) is 1.67. The fourth-order valence-corrected chi connectivity index (χ4v) is 1.69. The van der Waals surface area contributed by atoms with Crippen molar-refractivity contribution in [3.63, 3.8) is 0 Å². The van der Waals surface area contributed by atoms with Gasteiger partial charge in [-0.25, -0.2) is 0 Å². The van der Waals surface area contributed by atoms with Crippen LogP contribution in [-0.2, 0) is 13.1 Å². The summed E-state index contributed by atoms with van der Waals surface area (Å²) >= 11 is 0. The molecule has 1 N–H and O–H groups in total. The quantitative estimate of drug-likeness (QED) is 0.855. The van der Waals surface area contributed by atoms with Crippen molar-refractivity contribution in [2.75, 3.05) is 0 Å². The van der Waals surface area contributed by atoms with Crippen molar-refractivity contribution in [2.24, 2.45) is 0 Å². The van der Waals surface area contributed by atoms with E-state index in [0.717, 1.165) is 18.0 Å². The van der Waals surface area contributed by atoms with Gasteiger partial charge in [0.05, 0.1) is 25.0 Å². The van der Waals surface area contributed by atoms with E-state index in [2.05, 4.69) is 22.5 Å². The number of hydrogen-bond acceptors (Lipinski definition) is 4. The second kappa shape index (κ2) is 5.14. The molecule has 0 bridgehead atoms. The molecular weight excluding hydrogens is 216 g/mol. The van der Waals surface area contributed by atoms with Crippen LogP contribution in [0.1, 0.15) is 23.9 Å². The first kappa shape index (κ1) is 11.9. The first-order valence-corrected chi connectivity index (χ1v) is 5.78. The summed E-state index contributed by atoms with van der Waals surface area (Å²) in [7, 11) is 0. The molecule has 0 aliphatic heterocycles. The molecular formula is C12H18N4O. The Morgan fingerprint density at radius 3 is 2.88 bits per heavy atom. The van der Waals surface area contributed by atoms with E-state index in [1.807, 2.05) is 37.0 Å². The van der Waals surface area contributed by atoms with Gasteiger partial charge in [0, 0.05) is 18.3 Å². The highest BCUT2D eigenvalue weighted by atomic mass is 16.5. The fraction of sp³-hybridized carbons (Fsp3) is 0.500. The maximum Gasteiger partial charge on any atom is 0.150 e. The van der Waals surface area contributed by atoms with Crippen molar-refractivity contribution >= 4 is 0 Å². The SMILES string of the molecule is Cc1cnn(C[C@H](C)NCc2cc(C)no2)c1. The molecule has 0 radical (unpaired) electrons. The zero-order chi connectivity index (χ0) is 12.3. The number of rotatable bonds is 5. The van der Waals surface area contributed by atoms with Gasteiger partial charge in [0.15, 0.2) is 5.76 Å². The molecule has 0 saturated carbocycles. The Bertz CT molecular complexity index is 474. The normalized spacial score (nSPS) is 12.9. The lowest BCUT2D eigenvalue weighted by Gasteiger charge is -2.12. The van der Waals surface area contributed by atoms with Crippen LogP contribution in [0.15, 0.2) is 23.0 Å². The molecule has 0 saturated heterocycles. The monoisotopic (exact) mass is 234 g/mol. The van der Waals surface area contributed by atoms with Crippen molar-refractivity contribution in [3.8, 4) is 0 Å². The topological polar surface area (TPSA) is 55.9 Å². The molecule has 2 heterocycles. The number of hydrogen-bond donors (Lipinski definition) is 1. The minimum atomic E-state index is 0.333. The van der Waals surface area contributed by atoms with E-state index in [1.54, 1.807) is 0 Å². The van der Waals surface area contributed by atoms with E-state index >= 15 is 0 Å². The fourth-order valence-electron chi connectivity index (χ4n) is 1.69. The molecule has 5 heteroatoms. The van der Waals surface area contributed by atoms with Crippen LogP contribution >= 0.6 is 0 Å². The lowest BCUT2D eigenvalue weighted by atomic mass is 10.3. The van der Waals surface area contributed by atoms with E-state index in [-0.39, 0.29) is 0 Å². The molecule has 17 heavy (non-hydrogen) atoms. The lowest BCUT2D eigenvalue weighted by Crippen LogP contribution is -2.30. The van der Waals surface area contributed by atoms with E-state index in [0.29, 0.717) is 12.6 Å². The minimum Gasteiger partial charge on any atom is -0.360 e. The first-order chi connectivity index (χ1) is 8.13. The van der Waals surface area contributed by atoms with Gasteiger partial charge in [-0.1, -0.05) is 5.16 Å². The summed E-state index contributed by atoms with van der Waals surface area (Å²) in [6, 6.07) is 2.28. The van der Waals surface area contributed by atoms with Gasteiger partial charge < -0.3 is 9.84 Å². The third kappa shape index (κ3) is 3.42. The van der Waals surface area contributed by atoms with Crippen molar-refractivity contribution in [2.45, 2.75) is 39.9 Å². The van der Waals surface area contributed by atoms with E-state index < -0.39 is 0 Å². The number of aromatic nitrogens is 3. The average molecular weight is 234 g/mol. The Hall–Kier alpha value is -1.62. The molecule has 0 aromatic carbocycles. The molecule has 0 fully saturated rings. The summed E-state index contributed by atoms with van der Waals surface area (Å²) in [6.07, 6.45) is 3.91. The first-order valence-electron chi connectivity index (χ1n) is 5.78. The molecule has 92 valence electrons. The van der Waals surface area contributed by atoms with Crippen LogP contribution in [0.25, 0.3) is 0 Å². The smallest absolute Gasteiger partial charge is 0.150 e. The van der Waals surface area contributed by atoms with Gasteiger partial charge in [0.1, 0.15) is 0 Å². The molecule has 2 rings (SSSR count). The molecule has 0 aliphatic rings. The summed E-state index contributed by atoms with van der Waals surface area (Å²) in [6.45, 7) is 7.63. The Morgan fingerprint density at radius 2 is 2.29 bits per heavy atom. The minimum absolute atomic E-state index is 0.333. The largest absolute Gasteiger partial charge is 0.360 e. The third-order valence-corrected chi connectivity index (χ3v) is 2.52. The average Bonchev–Trinajstić information content (AvgIpc) is 2.85. The van der Waals surface area contributed by atoms with Crippen LogP contribution in [0.4, 0.5) is 0 Å². The van der Waals surface area contributed by atoms with E-state index in [4.69, 9.17) is 4.52 Å². The second-order valence-corrected chi connectivity index (χ2v) is 4.46. The van der Waals surface area contributed by atoms with Gasteiger partial charge in [-0.2, -0.15) is 5.10 Å². The Balaban J connectivity index is 1.79. The molecule has 1 atom stereocenters. The van der Waals surface area contributed by atoms with Crippen molar-refractivity contribution in [3.05, 3.63) is 35.5 Å². The van der Waals surface area contributed by atoms with Crippen molar-refractivity contribution in [1.29, 1.82) is 0 Å². The number of aryl methyl sites for hydroxylation is 2. The predicted molar refractivity (Wildman–Crippen MR) is 64.5 cm³/mol. The van der Waals surface area contributed by atoms with Crippen LogP contribution < -0.4 is 5.32 Å². The maximum absolute atomic E-state index is 5.13. The van der Waals surface area contributed by atoms with Gasteiger partial charge in [-0.05, 0) is 26.3 Å². The van der Waals surface area contributed by atoms with Gasteiger partial charge in [0.25, 0.3) is 0 Å². The zero-order valence-electron chi connectivity index (χ0n) is 10.5. The van der Waals surface area contributed by atoms with Gasteiger partial charge in [0.2, 0.25) is 0 Å². The molecule has 0 spiro atoms. The van der Waals surface area contributed by atoms with Crippen molar-refractivity contribution in [1.82, 2.24) is 20.3 Å².